The zero-order valence-corrected chi connectivity index (χ0v) is 10.8. The summed E-state index contributed by atoms with van der Waals surface area (Å²) in [7, 11) is 3.40. The van der Waals surface area contributed by atoms with Crippen molar-refractivity contribution >= 4 is 0 Å². The van der Waals surface area contributed by atoms with Crippen molar-refractivity contribution in [1.29, 1.82) is 0 Å². The maximum atomic E-state index is 6.17. The molecule has 17 heavy (non-hydrogen) atoms. The molecule has 0 amide bonds. The molecule has 1 aromatic rings. The zero-order chi connectivity index (χ0) is 12.4. The van der Waals surface area contributed by atoms with Crippen LogP contribution < -0.4 is 15.2 Å². The Labute approximate surface area is 103 Å². The van der Waals surface area contributed by atoms with Crippen molar-refractivity contribution in [2.75, 3.05) is 14.2 Å². The maximum Gasteiger partial charge on any atom is 0.122 e. The standard InChI is InChI=1S/C14H21NO2/c1-9-6-14(17-3)11(8-13(9)16-2)7-12(15)10-4-5-10/h6,8,10,12H,4-5,7,15H2,1-3H3. The van der Waals surface area contributed by atoms with Crippen LogP contribution in [0.4, 0.5) is 0 Å². The fourth-order valence-electron chi connectivity index (χ4n) is 2.22. The molecule has 1 fully saturated rings. The van der Waals surface area contributed by atoms with E-state index in [0.29, 0.717) is 5.92 Å². The molecular weight excluding hydrogens is 214 g/mol. The Hall–Kier alpha value is -1.22. The lowest BCUT2D eigenvalue weighted by atomic mass is 10.00. The van der Waals surface area contributed by atoms with E-state index < -0.39 is 0 Å². The normalized spacial score (nSPS) is 16.7. The number of methoxy groups -OCH3 is 2. The molecule has 0 aliphatic heterocycles. The molecule has 2 N–H and O–H groups in total. The van der Waals surface area contributed by atoms with Gasteiger partial charge in [0.25, 0.3) is 0 Å². The van der Waals surface area contributed by atoms with Gasteiger partial charge in [0.15, 0.2) is 0 Å². The highest BCUT2D eigenvalue weighted by Crippen LogP contribution is 2.35. The molecule has 1 aliphatic carbocycles. The van der Waals surface area contributed by atoms with E-state index in [1.165, 1.54) is 12.8 Å². The van der Waals surface area contributed by atoms with E-state index in [9.17, 15) is 0 Å². The topological polar surface area (TPSA) is 44.5 Å². The summed E-state index contributed by atoms with van der Waals surface area (Å²) in [5.74, 6) is 2.52. The first-order valence-electron chi connectivity index (χ1n) is 6.12. The Balaban J connectivity index is 2.23. The number of aryl methyl sites for hydroxylation is 1. The van der Waals surface area contributed by atoms with Crippen molar-refractivity contribution in [2.45, 2.75) is 32.2 Å². The van der Waals surface area contributed by atoms with Crippen LogP contribution in [0.3, 0.4) is 0 Å². The number of ether oxygens (including phenoxy) is 2. The van der Waals surface area contributed by atoms with Crippen LogP contribution in [0.1, 0.15) is 24.0 Å². The second-order valence-electron chi connectivity index (χ2n) is 4.84. The van der Waals surface area contributed by atoms with Gasteiger partial charge < -0.3 is 15.2 Å². The van der Waals surface area contributed by atoms with Crippen molar-refractivity contribution in [1.82, 2.24) is 0 Å². The first-order chi connectivity index (χ1) is 8.15. The predicted octanol–water partition coefficient (Wildman–Crippen LogP) is 2.29. The fraction of sp³-hybridized carbons (Fsp3) is 0.571. The number of nitrogens with two attached hydrogens (primary N) is 1. The second kappa shape index (κ2) is 4.96. The first-order valence-corrected chi connectivity index (χ1v) is 6.12. The smallest absolute Gasteiger partial charge is 0.122 e. The van der Waals surface area contributed by atoms with Crippen LogP contribution >= 0.6 is 0 Å². The molecule has 1 unspecified atom stereocenters. The summed E-state index contributed by atoms with van der Waals surface area (Å²) >= 11 is 0. The second-order valence-corrected chi connectivity index (χ2v) is 4.84. The van der Waals surface area contributed by atoms with Gasteiger partial charge in [0.05, 0.1) is 14.2 Å². The Kier molecular flexibility index (Phi) is 3.57. The molecule has 0 radical (unpaired) electrons. The number of hydrogen-bond donors (Lipinski definition) is 1. The van der Waals surface area contributed by atoms with Crippen LogP contribution in [0.5, 0.6) is 11.5 Å². The maximum absolute atomic E-state index is 6.17. The highest BCUT2D eigenvalue weighted by molar-refractivity contribution is 5.46. The average molecular weight is 235 g/mol. The molecule has 0 aromatic heterocycles. The van der Waals surface area contributed by atoms with Crippen molar-refractivity contribution < 1.29 is 9.47 Å². The minimum Gasteiger partial charge on any atom is -0.496 e. The van der Waals surface area contributed by atoms with Crippen LogP contribution in [0, 0.1) is 12.8 Å². The molecule has 94 valence electrons. The summed E-state index contributed by atoms with van der Waals surface area (Å²) < 4.78 is 10.8. The van der Waals surface area contributed by atoms with Gasteiger partial charge in [0.1, 0.15) is 11.5 Å². The predicted molar refractivity (Wildman–Crippen MR) is 68.7 cm³/mol. The van der Waals surface area contributed by atoms with E-state index in [1.807, 2.05) is 13.0 Å². The quantitative estimate of drug-likeness (QED) is 0.851. The highest BCUT2D eigenvalue weighted by Gasteiger charge is 2.29. The van der Waals surface area contributed by atoms with E-state index in [4.69, 9.17) is 15.2 Å². The summed E-state index contributed by atoms with van der Waals surface area (Å²) in [6, 6.07) is 4.32. The third kappa shape index (κ3) is 2.72. The van der Waals surface area contributed by atoms with Crippen molar-refractivity contribution in [3.8, 4) is 11.5 Å². The Bertz CT molecular complexity index is 399. The molecule has 3 heteroatoms. The molecular formula is C14H21NO2. The lowest BCUT2D eigenvalue weighted by molar-refractivity contribution is 0.394. The van der Waals surface area contributed by atoms with Crippen LogP contribution in [-0.4, -0.2) is 20.3 Å². The van der Waals surface area contributed by atoms with Crippen molar-refractivity contribution in [3.63, 3.8) is 0 Å². The van der Waals surface area contributed by atoms with E-state index in [0.717, 1.165) is 29.0 Å². The van der Waals surface area contributed by atoms with E-state index in [1.54, 1.807) is 14.2 Å². The molecule has 2 rings (SSSR count). The van der Waals surface area contributed by atoms with Crippen LogP contribution in [-0.2, 0) is 6.42 Å². The highest BCUT2D eigenvalue weighted by atomic mass is 16.5. The Morgan fingerprint density at radius 2 is 1.88 bits per heavy atom. The molecule has 1 aliphatic rings. The van der Waals surface area contributed by atoms with E-state index in [2.05, 4.69) is 6.07 Å². The first kappa shape index (κ1) is 12.2. The van der Waals surface area contributed by atoms with Gasteiger partial charge in [-0.25, -0.2) is 0 Å². The molecule has 1 saturated carbocycles. The monoisotopic (exact) mass is 235 g/mol. The molecule has 0 bridgehead atoms. The van der Waals surface area contributed by atoms with Gasteiger partial charge in [0.2, 0.25) is 0 Å². The molecule has 3 nitrogen and oxygen atoms in total. The Morgan fingerprint density at radius 3 is 2.41 bits per heavy atom. The third-order valence-corrected chi connectivity index (χ3v) is 3.48. The van der Waals surface area contributed by atoms with Crippen molar-refractivity contribution in [3.05, 3.63) is 23.3 Å². The number of rotatable bonds is 5. The summed E-state index contributed by atoms with van der Waals surface area (Å²) in [5.41, 5.74) is 8.41. The number of hydrogen-bond acceptors (Lipinski definition) is 3. The largest absolute Gasteiger partial charge is 0.496 e. The van der Waals surface area contributed by atoms with E-state index >= 15 is 0 Å². The van der Waals surface area contributed by atoms with Crippen LogP contribution in [0.2, 0.25) is 0 Å². The molecule has 1 aromatic carbocycles. The van der Waals surface area contributed by atoms with Gasteiger partial charge in [-0.05, 0) is 55.4 Å². The molecule has 0 spiro atoms. The van der Waals surface area contributed by atoms with E-state index in [-0.39, 0.29) is 6.04 Å². The van der Waals surface area contributed by atoms with Crippen molar-refractivity contribution in [2.24, 2.45) is 11.7 Å². The fourth-order valence-corrected chi connectivity index (χ4v) is 2.22. The minimum atomic E-state index is 0.247. The van der Waals surface area contributed by atoms with Gasteiger partial charge in [0, 0.05) is 6.04 Å². The Morgan fingerprint density at radius 1 is 1.24 bits per heavy atom. The van der Waals surface area contributed by atoms with Crippen LogP contribution in [0.15, 0.2) is 12.1 Å². The van der Waals surface area contributed by atoms with Gasteiger partial charge in [-0.15, -0.1) is 0 Å². The lowest BCUT2D eigenvalue weighted by Crippen LogP contribution is -2.25. The van der Waals surface area contributed by atoms with Gasteiger partial charge in [-0.1, -0.05) is 0 Å². The van der Waals surface area contributed by atoms with Gasteiger partial charge in [-0.3, -0.25) is 0 Å². The summed E-state index contributed by atoms with van der Waals surface area (Å²) in [6.45, 7) is 2.02. The molecule has 0 heterocycles. The lowest BCUT2D eigenvalue weighted by Gasteiger charge is -2.16. The molecule has 1 atom stereocenters. The summed E-state index contributed by atoms with van der Waals surface area (Å²) in [6.07, 6.45) is 3.41. The minimum absolute atomic E-state index is 0.247. The summed E-state index contributed by atoms with van der Waals surface area (Å²) in [5, 5.41) is 0. The SMILES string of the molecule is COc1cc(CC(N)C2CC2)c(OC)cc1C. The number of benzene rings is 1. The van der Waals surface area contributed by atoms with Gasteiger partial charge in [-0.2, -0.15) is 0 Å². The third-order valence-electron chi connectivity index (χ3n) is 3.48. The van der Waals surface area contributed by atoms with Gasteiger partial charge >= 0.3 is 0 Å². The summed E-state index contributed by atoms with van der Waals surface area (Å²) in [4.78, 5) is 0. The molecule has 0 saturated heterocycles. The average Bonchev–Trinajstić information content (AvgIpc) is 3.14. The van der Waals surface area contributed by atoms with Crippen LogP contribution in [0.25, 0.3) is 0 Å². The zero-order valence-electron chi connectivity index (χ0n) is 10.8.